The van der Waals surface area contributed by atoms with Crippen LogP contribution in [0.2, 0.25) is 5.02 Å². The van der Waals surface area contributed by atoms with Crippen molar-refractivity contribution >= 4 is 57.5 Å². The molecule has 2 N–H and O–H groups in total. The van der Waals surface area contributed by atoms with Gasteiger partial charge in [0.15, 0.2) is 0 Å². The molecular weight excluding hydrogens is 788 g/mol. The van der Waals surface area contributed by atoms with Gasteiger partial charge in [0.2, 0.25) is 11.9 Å². The minimum atomic E-state index is -0.431. The van der Waals surface area contributed by atoms with Gasteiger partial charge >= 0.3 is 0 Å². The monoisotopic (exact) mass is 841 g/mol. The topological polar surface area (TPSA) is 99.0 Å². The molecule has 3 aliphatic rings. The van der Waals surface area contributed by atoms with Crippen molar-refractivity contribution in [2.45, 2.75) is 82.9 Å². The second kappa shape index (κ2) is 19.4. The van der Waals surface area contributed by atoms with Gasteiger partial charge in [-0.05, 0) is 111 Å². The van der Waals surface area contributed by atoms with E-state index in [1.807, 2.05) is 18.3 Å². The number of aromatic nitrogens is 3. The second-order valence-electron chi connectivity index (χ2n) is 16.3. The number of nitrogens with zero attached hydrogens (tertiary/aromatic N) is 6. The molecule has 0 spiro atoms. The number of aliphatic hydroxyl groups is 1. The fourth-order valence-electron chi connectivity index (χ4n) is 8.88. The minimum Gasteiger partial charge on any atom is -0.494 e. The molecule has 5 aromatic rings. The van der Waals surface area contributed by atoms with Crippen LogP contribution in [0.5, 0.6) is 5.75 Å². The number of anilines is 3. The molecule has 1 amide bonds. The van der Waals surface area contributed by atoms with Crippen molar-refractivity contribution in [2.75, 3.05) is 62.0 Å². The Labute approximate surface area is 356 Å². The summed E-state index contributed by atoms with van der Waals surface area (Å²) in [5.74, 6) is 0.790. The van der Waals surface area contributed by atoms with E-state index in [1.165, 1.54) is 30.5 Å². The fraction of sp³-hybridized carbons (Fsp3) is 0.457. The van der Waals surface area contributed by atoms with E-state index in [0.29, 0.717) is 23.3 Å². The summed E-state index contributed by atoms with van der Waals surface area (Å²) >= 11 is 11.9. The maximum absolute atomic E-state index is 14.1. The Morgan fingerprint density at radius 3 is 2.47 bits per heavy atom. The molecule has 1 saturated heterocycles. The van der Waals surface area contributed by atoms with Crippen molar-refractivity contribution in [3.05, 3.63) is 95.0 Å². The molecule has 8 rings (SSSR count). The molecule has 1 aliphatic carbocycles. The standard InChI is InChI=1S/C46H54Cl2FN7O3/c47-28-44(58)55-18-5-6-34-24-40(15-16-43(34)55)59-23-4-2-1-3-17-53-19-21-54(22-20-53)30-32-7-9-33(10-8-32)42-31-56(38-11-13-39(57)14-12-38)45-41(42)29-50-46(52-45)51-37-26-35(48)25-36(49)27-37/h7-10,15-16,24-27,29,31,38-39,57H,1-6,11-14,17-23,28,30H2,(H,50,51,52). The van der Waals surface area contributed by atoms with E-state index in [9.17, 15) is 14.3 Å². The molecule has 2 aromatic heterocycles. The first-order valence-corrected chi connectivity index (χ1v) is 22.2. The quantitative estimate of drug-likeness (QED) is 0.0796. The molecule has 3 aromatic carbocycles. The number of rotatable bonds is 15. The van der Waals surface area contributed by atoms with Gasteiger partial charge in [-0.3, -0.25) is 9.69 Å². The van der Waals surface area contributed by atoms with Crippen LogP contribution in [0.25, 0.3) is 22.2 Å². The maximum atomic E-state index is 14.1. The highest BCUT2D eigenvalue weighted by Gasteiger charge is 2.25. The van der Waals surface area contributed by atoms with Crippen molar-refractivity contribution in [2.24, 2.45) is 0 Å². The van der Waals surface area contributed by atoms with Gasteiger partial charge in [0.25, 0.3) is 0 Å². The van der Waals surface area contributed by atoms with E-state index < -0.39 is 5.82 Å². The number of alkyl halides is 1. The Balaban J connectivity index is 0.794. The maximum Gasteiger partial charge on any atom is 0.241 e. The van der Waals surface area contributed by atoms with Gasteiger partial charge in [-0.25, -0.2) is 9.37 Å². The number of carbonyl (C=O) groups excluding carboxylic acids is 1. The summed E-state index contributed by atoms with van der Waals surface area (Å²) in [6.45, 7) is 7.81. The number of benzene rings is 3. The Hall–Kier alpha value is -4.26. The average molecular weight is 843 g/mol. The predicted molar refractivity (Wildman–Crippen MR) is 235 cm³/mol. The zero-order chi connectivity index (χ0) is 40.7. The summed E-state index contributed by atoms with van der Waals surface area (Å²) < 4.78 is 22.4. The number of amides is 1. The van der Waals surface area contributed by atoms with Crippen molar-refractivity contribution in [3.63, 3.8) is 0 Å². The number of carbonyl (C=O) groups is 1. The first-order valence-electron chi connectivity index (χ1n) is 21.2. The average Bonchev–Trinajstić information content (AvgIpc) is 3.62. The minimum absolute atomic E-state index is 0.00730. The molecule has 0 unspecified atom stereocenters. The zero-order valence-electron chi connectivity index (χ0n) is 33.6. The number of unbranched alkanes of at least 4 members (excludes halogenated alkanes) is 3. The predicted octanol–water partition coefficient (Wildman–Crippen LogP) is 9.39. The number of aryl methyl sites for hydroxylation is 1. The molecule has 312 valence electrons. The van der Waals surface area contributed by atoms with Gasteiger partial charge in [-0.1, -0.05) is 48.7 Å². The molecule has 10 nitrogen and oxygen atoms in total. The number of hydrogen-bond donors (Lipinski definition) is 2. The number of piperazine rings is 1. The Bertz CT molecular complexity index is 2180. The highest BCUT2D eigenvalue weighted by atomic mass is 35.5. The summed E-state index contributed by atoms with van der Waals surface area (Å²) in [7, 11) is 0. The lowest BCUT2D eigenvalue weighted by molar-refractivity contribution is -0.116. The Morgan fingerprint density at radius 1 is 0.915 bits per heavy atom. The van der Waals surface area contributed by atoms with E-state index in [4.69, 9.17) is 32.9 Å². The molecule has 0 atom stereocenters. The molecule has 0 radical (unpaired) electrons. The third-order valence-electron chi connectivity index (χ3n) is 12.1. The molecule has 1 saturated carbocycles. The molecule has 59 heavy (non-hydrogen) atoms. The molecule has 2 aliphatic heterocycles. The Kier molecular flexibility index (Phi) is 13.6. The van der Waals surface area contributed by atoms with Gasteiger partial charge in [0.1, 0.15) is 23.1 Å². The summed E-state index contributed by atoms with van der Waals surface area (Å²) in [6.07, 6.45) is 13.5. The summed E-state index contributed by atoms with van der Waals surface area (Å²) in [4.78, 5) is 28.7. The first kappa shape index (κ1) is 41.5. The largest absolute Gasteiger partial charge is 0.494 e. The van der Waals surface area contributed by atoms with Gasteiger partial charge in [-0.2, -0.15) is 4.98 Å². The molecule has 13 heteroatoms. The lowest BCUT2D eigenvalue weighted by Crippen LogP contribution is -2.46. The number of fused-ring (bicyclic) bond motifs is 2. The molecule has 4 heterocycles. The van der Waals surface area contributed by atoms with Crippen molar-refractivity contribution in [1.29, 1.82) is 0 Å². The van der Waals surface area contributed by atoms with Crippen LogP contribution < -0.4 is 15.0 Å². The van der Waals surface area contributed by atoms with E-state index in [2.05, 4.69) is 61.2 Å². The number of nitrogens with one attached hydrogen (secondary N) is 1. The summed E-state index contributed by atoms with van der Waals surface area (Å²) in [6, 6.07) is 19.4. The van der Waals surface area contributed by atoms with Crippen LogP contribution in [0.4, 0.5) is 21.7 Å². The van der Waals surface area contributed by atoms with Gasteiger partial charge in [-0.15, -0.1) is 11.6 Å². The highest BCUT2D eigenvalue weighted by molar-refractivity contribution is 6.31. The van der Waals surface area contributed by atoms with Crippen LogP contribution in [0.15, 0.2) is 73.1 Å². The van der Waals surface area contributed by atoms with Crippen LogP contribution in [-0.2, 0) is 17.8 Å². The molecule has 0 bridgehead atoms. The van der Waals surface area contributed by atoms with Crippen LogP contribution in [-0.4, -0.2) is 93.2 Å². The lowest BCUT2D eigenvalue weighted by atomic mass is 9.93. The summed E-state index contributed by atoms with van der Waals surface area (Å²) in [5.41, 5.74) is 6.91. The Morgan fingerprint density at radius 2 is 1.69 bits per heavy atom. The summed E-state index contributed by atoms with van der Waals surface area (Å²) in [5, 5.41) is 14.6. The van der Waals surface area contributed by atoms with Crippen LogP contribution >= 0.6 is 23.2 Å². The van der Waals surface area contributed by atoms with E-state index in [0.717, 1.165) is 136 Å². The van der Waals surface area contributed by atoms with Crippen molar-refractivity contribution < 1.29 is 19.0 Å². The van der Waals surface area contributed by atoms with E-state index >= 15 is 0 Å². The fourth-order valence-corrected chi connectivity index (χ4v) is 9.25. The second-order valence-corrected chi connectivity index (χ2v) is 17.0. The number of ether oxygens (including phenoxy) is 1. The van der Waals surface area contributed by atoms with E-state index in [-0.39, 0.29) is 23.9 Å². The number of halogens is 3. The van der Waals surface area contributed by atoms with Crippen LogP contribution in [0, 0.1) is 5.82 Å². The molecular formula is C46H54Cl2FN7O3. The SMILES string of the molecule is O=C(CCl)N1CCCc2cc(OCCCCCCN3CCN(Cc4ccc(-c5cn(C6CCC(O)CC6)c6nc(Nc7cc(F)cc(Cl)c7)ncc56)cc4)CC3)ccc21. The molecule has 2 fully saturated rings. The third kappa shape index (κ3) is 10.4. The lowest BCUT2D eigenvalue weighted by Gasteiger charge is -2.34. The van der Waals surface area contributed by atoms with Crippen LogP contribution in [0.3, 0.4) is 0 Å². The number of hydrogen-bond acceptors (Lipinski definition) is 8. The highest BCUT2D eigenvalue weighted by Crippen LogP contribution is 2.37. The van der Waals surface area contributed by atoms with Gasteiger partial charge < -0.3 is 29.5 Å². The first-order chi connectivity index (χ1) is 28.8. The van der Waals surface area contributed by atoms with Gasteiger partial charge in [0.05, 0.1) is 12.7 Å². The van der Waals surface area contributed by atoms with Crippen molar-refractivity contribution in [3.8, 4) is 16.9 Å². The van der Waals surface area contributed by atoms with E-state index in [1.54, 1.807) is 11.0 Å². The third-order valence-corrected chi connectivity index (χ3v) is 12.6. The number of aliphatic hydroxyl groups excluding tert-OH is 1. The zero-order valence-corrected chi connectivity index (χ0v) is 35.1. The normalized spacial score (nSPS) is 18.9. The van der Waals surface area contributed by atoms with Crippen molar-refractivity contribution in [1.82, 2.24) is 24.3 Å². The smallest absolute Gasteiger partial charge is 0.241 e. The van der Waals surface area contributed by atoms with Crippen LogP contribution in [0.1, 0.15) is 75.0 Å². The van der Waals surface area contributed by atoms with Gasteiger partial charge in [0, 0.05) is 85.1 Å².